The van der Waals surface area contributed by atoms with Crippen molar-refractivity contribution >= 4 is 33.1 Å². The van der Waals surface area contributed by atoms with Crippen LogP contribution < -0.4 is 11.1 Å². The summed E-state index contributed by atoms with van der Waals surface area (Å²) in [7, 11) is 0. The Balaban J connectivity index is 2.22. The van der Waals surface area contributed by atoms with Crippen molar-refractivity contribution in [2.75, 3.05) is 11.1 Å². The van der Waals surface area contributed by atoms with Gasteiger partial charge in [-0.05, 0) is 24.3 Å². The van der Waals surface area contributed by atoms with E-state index in [1.165, 1.54) is 0 Å². The van der Waals surface area contributed by atoms with Crippen LogP contribution in [0.25, 0.3) is 0 Å². The lowest BCUT2D eigenvalue weighted by atomic mass is 10.3. The summed E-state index contributed by atoms with van der Waals surface area (Å²) in [6.07, 6.45) is 1.68. The first-order valence-electron chi connectivity index (χ1n) is 4.48. The highest BCUT2D eigenvalue weighted by atomic mass is 79.9. The second kappa shape index (κ2) is 4.31. The molecule has 0 saturated heterocycles. The first kappa shape index (κ1) is 9.98. The predicted octanol–water partition coefficient (Wildman–Crippen LogP) is 3.17. The van der Waals surface area contributed by atoms with E-state index in [1.807, 2.05) is 30.3 Å². The van der Waals surface area contributed by atoms with Crippen LogP contribution in [0.5, 0.6) is 0 Å². The maximum atomic E-state index is 5.58. The molecule has 0 aliphatic carbocycles. The van der Waals surface area contributed by atoms with E-state index in [0.29, 0.717) is 5.82 Å². The van der Waals surface area contributed by atoms with E-state index in [9.17, 15) is 0 Å². The molecule has 0 radical (unpaired) electrons. The third-order valence-corrected chi connectivity index (χ3v) is 2.39. The lowest BCUT2D eigenvalue weighted by molar-refractivity contribution is 1.33. The van der Waals surface area contributed by atoms with Crippen molar-refractivity contribution in [3.8, 4) is 0 Å². The van der Waals surface area contributed by atoms with Gasteiger partial charge in [0.1, 0.15) is 5.82 Å². The van der Waals surface area contributed by atoms with E-state index in [2.05, 4.69) is 26.2 Å². The van der Waals surface area contributed by atoms with E-state index in [-0.39, 0.29) is 0 Å². The highest BCUT2D eigenvalue weighted by Crippen LogP contribution is 2.20. The average molecular weight is 264 g/mol. The van der Waals surface area contributed by atoms with Gasteiger partial charge in [-0.3, -0.25) is 0 Å². The van der Waals surface area contributed by atoms with Crippen LogP contribution in [0.3, 0.4) is 0 Å². The molecule has 0 unspecified atom stereocenters. The van der Waals surface area contributed by atoms with Gasteiger partial charge in [-0.1, -0.05) is 22.0 Å². The number of rotatable bonds is 2. The lowest BCUT2D eigenvalue weighted by Gasteiger charge is -2.06. The zero-order valence-electron chi connectivity index (χ0n) is 7.94. The number of nitrogens with two attached hydrogens (primary N) is 1. The minimum Gasteiger partial charge on any atom is -0.384 e. The third kappa shape index (κ3) is 2.70. The smallest absolute Gasteiger partial charge is 0.125 e. The van der Waals surface area contributed by atoms with Crippen LogP contribution in [0.15, 0.2) is 47.1 Å². The summed E-state index contributed by atoms with van der Waals surface area (Å²) in [5, 5.41) is 3.24. The van der Waals surface area contributed by atoms with Crippen LogP contribution in [0.2, 0.25) is 0 Å². The Morgan fingerprint density at radius 3 is 2.67 bits per heavy atom. The van der Waals surface area contributed by atoms with Gasteiger partial charge in [-0.25, -0.2) is 4.98 Å². The summed E-state index contributed by atoms with van der Waals surface area (Å²) in [5.41, 5.74) is 7.52. The predicted molar refractivity (Wildman–Crippen MR) is 66.1 cm³/mol. The summed E-state index contributed by atoms with van der Waals surface area (Å²) < 4.78 is 1.04. The largest absolute Gasteiger partial charge is 0.384 e. The summed E-state index contributed by atoms with van der Waals surface area (Å²) >= 11 is 3.41. The van der Waals surface area contributed by atoms with E-state index < -0.39 is 0 Å². The Kier molecular flexibility index (Phi) is 2.87. The van der Waals surface area contributed by atoms with Crippen molar-refractivity contribution in [1.29, 1.82) is 0 Å². The molecule has 15 heavy (non-hydrogen) atoms. The number of anilines is 3. The molecule has 1 aromatic carbocycles. The van der Waals surface area contributed by atoms with Crippen molar-refractivity contribution in [2.24, 2.45) is 0 Å². The summed E-state index contributed by atoms with van der Waals surface area (Å²) in [4.78, 5) is 3.93. The first-order valence-corrected chi connectivity index (χ1v) is 5.27. The minimum absolute atomic E-state index is 0.509. The van der Waals surface area contributed by atoms with Crippen molar-refractivity contribution in [1.82, 2.24) is 4.98 Å². The standard InChI is InChI=1S/C11H10BrN3/c12-8-2-1-3-9(6-8)15-10-4-5-14-11(13)7-10/h1-7H,(H3,13,14,15). The minimum atomic E-state index is 0.509. The van der Waals surface area contributed by atoms with Crippen molar-refractivity contribution < 1.29 is 0 Å². The van der Waals surface area contributed by atoms with Gasteiger partial charge in [-0.2, -0.15) is 0 Å². The van der Waals surface area contributed by atoms with Crippen molar-refractivity contribution in [3.05, 3.63) is 47.1 Å². The van der Waals surface area contributed by atoms with E-state index >= 15 is 0 Å². The van der Waals surface area contributed by atoms with Crippen LogP contribution in [-0.4, -0.2) is 4.98 Å². The van der Waals surface area contributed by atoms with Crippen molar-refractivity contribution in [3.63, 3.8) is 0 Å². The summed E-state index contributed by atoms with van der Waals surface area (Å²) in [6, 6.07) is 11.6. The van der Waals surface area contributed by atoms with E-state index in [0.717, 1.165) is 15.8 Å². The normalized spacial score (nSPS) is 9.93. The number of pyridine rings is 1. The van der Waals surface area contributed by atoms with Gasteiger partial charge >= 0.3 is 0 Å². The van der Waals surface area contributed by atoms with Gasteiger partial charge in [0.25, 0.3) is 0 Å². The van der Waals surface area contributed by atoms with Crippen LogP contribution in [-0.2, 0) is 0 Å². The maximum Gasteiger partial charge on any atom is 0.125 e. The number of aromatic nitrogens is 1. The molecule has 1 aromatic heterocycles. The number of hydrogen-bond acceptors (Lipinski definition) is 3. The van der Waals surface area contributed by atoms with Crippen LogP contribution in [0.4, 0.5) is 17.2 Å². The molecule has 0 saturated carbocycles. The zero-order chi connectivity index (χ0) is 10.7. The van der Waals surface area contributed by atoms with Gasteiger partial charge < -0.3 is 11.1 Å². The van der Waals surface area contributed by atoms with Gasteiger partial charge in [0.05, 0.1) is 0 Å². The Morgan fingerprint density at radius 1 is 1.13 bits per heavy atom. The average Bonchev–Trinajstić information content (AvgIpc) is 2.17. The fourth-order valence-electron chi connectivity index (χ4n) is 1.26. The van der Waals surface area contributed by atoms with Gasteiger partial charge in [0, 0.05) is 28.1 Å². The molecule has 0 aliphatic rings. The SMILES string of the molecule is Nc1cc(Nc2cccc(Br)c2)ccn1. The third-order valence-electron chi connectivity index (χ3n) is 1.89. The Bertz CT molecular complexity index is 427. The molecule has 1 heterocycles. The van der Waals surface area contributed by atoms with E-state index in [1.54, 1.807) is 12.3 Å². The molecule has 0 bridgehead atoms. The molecule has 2 aromatic rings. The van der Waals surface area contributed by atoms with Gasteiger partial charge in [0.2, 0.25) is 0 Å². The number of hydrogen-bond donors (Lipinski definition) is 2. The molecule has 2 rings (SSSR count). The molecule has 76 valence electrons. The fraction of sp³-hybridized carbons (Fsp3) is 0. The molecular weight excluding hydrogens is 254 g/mol. The molecular formula is C11H10BrN3. The summed E-state index contributed by atoms with van der Waals surface area (Å²) in [5.74, 6) is 0.509. The monoisotopic (exact) mass is 263 g/mol. The molecule has 3 nitrogen and oxygen atoms in total. The number of nitrogens with one attached hydrogen (secondary N) is 1. The lowest BCUT2D eigenvalue weighted by Crippen LogP contribution is -1.93. The summed E-state index contributed by atoms with van der Waals surface area (Å²) in [6.45, 7) is 0. The van der Waals surface area contributed by atoms with Gasteiger partial charge in [0.15, 0.2) is 0 Å². The number of nitrogens with zero attached hydrogens (tertiary/aromatic N) is 1. The molecule has 0 fully saturated rings. The molecule has 0 spiro atoms. The topological polar surface area (TPSA) is 50.9 Å². The van der Waals surface area contributed by atoms with Crippen molar-refractivity contribution in [2.45, 2.75) is 0 Å². The van der Waals surface area contributed by atoms with Gasteiger partial charge in [-0.15, -0.1) is 0 Å². The second-order valence-corrected chi connectivity index (χ2v) is 4.02. The maximum absolute atomic E-state index is 5.58. The molecule has 4 heteroatoms. The first-order chi connectivity index (χ1) is 7.24. The van der Waals surface area contributed by atoms with E-state index in [4.69, 9.17) is 5.73 Å². The number of nitrogen functional groups attached to an aromatic ring is 1. The molecule has 0 aliphatic heterocycles. The van der Waals surface area contributed by atoms with Crippen LogP contribution >= 0.6 is 15.9 Å². The van der Waals surface area contributed by atoms with Crippen LogP contribution in [0.1, 0.15) is 0 Å². The Hall–Kier alpha value is -1.55. The fourth-order valence-corrected chi connectivity index (χ4v) is 1.66. The highest BCUT2D eigenvalue weighted by Gasteiger charge is 1.96. The second-order valence-electron chi connectivity index (χ2n) is 3.10. The Morgan fingerprint density at radius 2 is 1.93 bits per heavy atom. The molecule has 3 N–H and O–H groups in total. The quantitative estimate of drug-likeness (QED) is 0.875. The molecule has 0 atom stereocenters. The number of benzene rings is 1. The molecule has 0 amide bonds. The Labute approximate surface area is 96.5 Å². The highest BCUT2D eigenvalue weighted by molar-refractivity contribution is 9.10. The van der Waals surface area contributed by atoms with Crippen LogP contribution in [0, 0.1) is 0 Å². The zero-order valence-corrected chi connectivity index (χ0v) is 9.53. The number of halogens is 1.